The third-order valence-corrected chi connectivity index (χ3v) is 2.83. The Morgan fingerprint density at radius 3 is 2.71 bits per heavy atom. The number of carbonyl (C=O) groups excluding carboxylic acids is 2. The second-order valence-electron chi connectivity index (χ2n) is 4.00. The largest absolute Gasteiger partial charge is 0.465 e. The molecule has 1 heterocycles. The quantitative estimate of drug-likeness (QED) is 0.699. The Morgan fingerprint density at radius 1 is 1.29 bits per heavy atom. The Morgan fingerprint density at radius 2 is 2.05 bits per heavy atom. The summed E-state index contributed by atoms with van der Waals surface area (Å²) in [6, 6.07) is 6.23. The zero-order valence-electron chi connectivity index (χ0n) is 10.9. The van der Waals surface area contributed by atoms with E-state index < -0.39 is 17.7 Å². The van der Waals surface area contributed by atoms with Gasteiger partial charge in [0.05, 0.1) is 18.4 Å². The van der Waals surface area contributed by atoms with Gasteiger partial charge in [0.1, 0.15) is 11.0 Å². The Bertz CT molecular complexity index is 706. The van der Waals surface area contributed by atoms with E-state index in [1.54, 1.807) is 0 Å². The molecule has 5 nitrogen and oxygen atoms in total. The molecule has 0 atom stereocenters. The van der Waals surface area contributed by atoms with Gasteiger partial charge in [0, 0.05) is 11.8 Å². The van der Waals surface area contributed by atoms with Crippen LogP contribution in [0.3, 0.4) is 0 Å². The smallest absolute Gasteiger partial charge is 0.340 e. The van der Waals surface area contributed by atoms with E-state index >= 15 is 0 Å². The molecular formula is C14H10ClFN2O3. The van der Waals surface area contributed by atoms with Crippen molar-refractivity contribution in [3.63, 3.8) is 0 Å². The zero-order valence-corrected chi connectivity index (χ0v) is 11.6. The molecule has 0 aliphatic carbocycles. The van der Waals surface area contributed by atoms with Crippen molar-refractivity contribution in [2.45, 2.75) is 0 Å². The van der Waals surface area contributed by atoms with Crippen molar-refractivity contribution in [3.05, 3.63) is 58.6 Å². The number of hydrogen-bond donors (Lipinski definition) is 1. The molecule has 0 unspecified atom stereocenters. The summed E-state index contributed by atoms with van der Waals surface area (Å²) in [5, 5.41) is 2.67. The Kier molecular flexibility index (Phi) is 4.49. The minimum atomic E-state index is -0.752. The second-order valence-corrected chi connectivity index (χ2v) is 4.39. The van der Waals surface area contributed by atoms with Crippen molar-refractivity contribution in [3.8, 4) is 0 Å². The van der Waals surface area contributed by atoms with Crippen LogP contribution < -0.4 is 5.32 Å². The van der Waals surface area contributed by atoms with Crippen LogP contribution in [0, 0.1) is 5.82 Å². The van der Waals surface area contributed by atoms with E-state index in [1.807, 2.05) is 0 Å². The number of aromatic nitrogens is 1. The fourth-order valence-electron chi connectivity index (χ4n) is 1.64. The second kappa shape index (κ2) is 6.32. The SMILES string of the molecule is COC(=O)c1cc(F)ccc1NC(=O)c1ccnc(Cl)c1. The lowest BCUT2D eigenvalue weighted by atomic mass is 10.1. The van der Waals surface area contributed by atoms with Gasteiger partial charge in [0.25, 0.3) is 5.91 Å². The molecule has 108 valence electrons. The highest BCUT2D eigenvalue weighted by molar-refractivity contribution is 6.29. The number of carbonyl (C=O) groups is 2. The van der Waals surface area contributed by atoms with E-state index in [9.17, 15) is 14.0 Å². The summed E-state index contributed by atoms with van der Waals surface area (Å²) in [5.41, 5.74) is 0.322. The molecular weight excluding hydrogens is 299 g/mol. The van der Waals surface area contributed by atoms with Crippen molar-refractivity contribution < 1.29 is 18.7 Å². The number of amides is 1. The van der Waals surface area contributed by atoms with Gasteiger partial charge in [-0.2, -0.15) is 0 Å². The monoisotopic (exact) mass is 308 g/mol. The zero-order chi connectivity index (χ0) is 15.4. The van der Waals surface area contributed by atoms with Crippen LogP contribution in [-0.2, 0) is 4.74 Å². The van der Waals surface area contributed by atoms with Gasteiger partial charge in [-0.25, -0.2) is 14.2 Å². The molecule has 7 heteroatoms. The minimum absolute atomic E-state index is 0.0778. The molecule has 0 radical (unpaired) electrons. The summed E-state index contributed by atoms with van der Waals surface area (Å²) in [6.45, 7) is 0. The first-order valence-electron chi connectivity index (χ1n) is 5.82. The fourth-order valence-corrected chi connectivity index (χ4v) is 1.82. The van der Waals surface area contributed by atoms with Gasteiger partial charge in [0.15, 0.2) is 0 Å². The van der Waals surface area contributed by atoms with E-state index in [1.165, 1.54) is 31.5 Å². The average molecular weight is 309 g/mol. The summed E-state index contributed by atoms with van der Waals surface area (Å²) < 4.78 is 17.8. The number of pyridine rings is 1. The van der Waals surface area contributed by atoms with Crippen LogP contribution in [0.5, 0.6) is 0 Å². The molecule has 0 fully saturated rings. The molecule has 0 aliphatic heterocycles. The highest BCUT2D eigenvalue weighted by Gasteiger charge is 2.16. The van der Waals surface area contributed by atoms with Gasteiger partial charge in [-0.3, -0.25) is 4.79 Å². The van der Waals surface area contributed by atoms with Crippen LogP contribution in [0.25, 0.3) is 0 Å². The number of hydrogen-bond acceptors (Lipinski definition) is 4. The predicted molar refractivity (Wildman–Crippen MR) is 74.9 cm³/mol. The molecule has 0 saturated heterocycles. The van der Waals surface area contributed by atoms with E-state index in [0.717, 1.165) is 12.1 Å². The summed E-state index contributed by atoms with van der Waals surface area (Å²) in [5.74, 6) is -1.87. The number of nitrogens with zero attached hydrogens (tertiary/aromatic N) is 1. The summed E-state index contributed by atoms with van der Waals surface area (Å²) >= 11 is 5.70. The van der Waals surface area contributed by atoms with E-state index in [4.69, 9.17) is 11.6 Å². The van der Waals surface area contributed by atoms with Crippen LogP contribution in [0.15, 0.2) is 36.5 Å². The molecule has 1 N–H and O–H groups in total. The minimum Gasteiger partial charge on any atom is -0.465 e. The Balaban J connectivity index is 2.31. The summed E-state index contributed by atoms with van der Waals surface area (Å²) in [7, 11) is 1.17. The summed E-state index contributed by atoms with van der Waals surface area (Å²) in [6.07, 6.45) is 1.38. The first-order valence-corrected chi connectivity index (χ1v) is 6.20. The molecule has 1 aromatic heterocycles. The lowest BCUT2D eigenvalue weighted by molar-refractivity contribution is 0.0601. The van der Waals surface area contributed by atoms with Crippen LogP contribution in [0.2, 0.25) is 5.15 Å². The molecule has 0 saturated carbocycles. The van der Waals surface area contributed by atoms with Crippen LogP contribution >= 0.6 is 11.6 Å². The third kappa shape index (κ3) is 3.55. The molecule has 2 rings (SSSR count). The van der Waals surface area contributed by atoms with Crippen LogP contribution in [0.1, 0.15) is 20.7 Å². The molecule has 1 aromatic carbocycles. The molecule has 0 bridgehead atoms. The van der Waals surface area contributed by atoms with Gasteiger partial charge in [-0.05, 0) is 30.3 Å². The molecule has 21 heavy (non-hydrogen) atoms. The lowest BCUT2D eigenvalue weighted by Gasteiger charge is -2.10. The first-order chi connectivity index (χ1) is 10.0. The number of esters is 1. The Hall–Kier alpha value is -2.47. The highest BCUT2D eigenvalue weighted by Crippen LogP contribution is 2.19. The maximum absolute atomic E-state index is 13.2. The van der Waals surface area contributed by atoms with E-state index in [0.29, 0.717) is 0 Å². The number of rotatable bonds is 3. The third-order valence-electron chi connectivity index (χ3n) is 2.62. The van der Waals surface area contributed by atoms with Gasteiger partial charge in [-0.15, -0.1) is 0 Å². The van der Waals surface area contributed by atoms with Crippen molar-refractivity contribution in [1.82, 2.24) is 4.98 Å². The number of methoxy groups -OCH3 is 1. The molecule has 0 spiro atoms. The number of anilines is 1. The number of benzene rings is 1. The van der Waals surface area contributed by atoms with Crippen molar-refractivity contribution in [2.75, 3.05) is 12.4 Å². The topological polar surface area (TPSA) is 68.3 Å². The van der Waals surface area contributed by atoms with Crippen molar-refractivity contribution in [2.24, 2.45) is 0 Å². The Labute approximate surface area is 124 Å². The van der Waals surface area contributed by atoms with E-state index in [2.05, 4.69) is 15.0 Å². The van der Waals surface area contributed by atoms with Crippen molar-refractivity contribution >= 4 is 29.2 Å². The maximum Gasteiger partial charge on any atom is 0.340 e. The summed E-state index contributed by atoms with van der Waals surface area (Å²) in [4.78, 5) is 27.4. The number of ether oxygens (including phenoxy) is 1. The fraction of sp³-hybridized carbons (Fsp3) is 0.0714. The predicted octanol–water partition coefficient (Wildman–Crippen LogP) is 2.91. The molecule has 0 aliphatic rings. The average Bonchev–Trinajstić information content (AvgIpc) is 2.48. The highest BCUT2D eigenvalue weighted by atomic mass is 35.5. The van der Waals surface area contributed by atoms with Crippen molar-refractivity contribution in [1.29, 1.82) is 0 Å². The van der Waals surface area contributed by atoms with Crippen LogP contribution in [0.4, 0.5) is 10.1 Å². The first kappa shape index (κ1) is 14.9. The number of nitrogens with one attached hydrogen (secondary N) is 1. The molecule has 1 amide bonds. The van der Waals surface area contributed by atoms with Crippen LogP contribution in [-0.4, -0.2) is 24.0 Å². The van der Waals surface area contributed by atoms with E-state index in [-0.39, 0.29) is 22.0 Å². The molecule has 2 aromatic rings. The van der Waals surface area contributed by atoms with Gasteiger partial charge >= 0.3 is 5.97 Å². The van der Waals surface area contributed by atoms with Gasteiger partial charge < -0.3 is 10.1 Å². The lowest BCUT2D eigenvalue weighted by Crippen LogP contribution is -2.15. The number of halogens is 2. The van der Waals surface area contributed by atoms with Gasteiger partial charge in [-0.1, -0.05) is 11.6 Å². The van der Waals surface area contributed by atoms with Gasteiger partial charge in [0.2, 0.25) is 0 Å². The standard InChI is InChI=1S/C14H10ClFN2O3/c1-21-14(20)10-7-9(16)2-3-11(10)18-13(19)8-4-5-17-12(15)6-8/h2-7H,1H3,(H,18,19). The maximum atomic E-state index is 13.2. The normalized spacial score (nSPS) is 10.0.